The lowest BCUT2D eigenvalue weighted by Gasteiger charge is -2.42. The largest absolute Gasteiger partial charge is 0.465 e. The van der Waals surface area contributed by atoms with Gasteiger partial charge < -0.3 is 15.2 Å². The molecule has 2 unspecified atom stereocenters. The number of morpholine rings is 1. The fraction of sp³-hybridized carbons (Fsp3) is 0.545. The van der Waals surface area contributed by atoms with Crippen LogP contribution in [0.5, 0.6) is 0 Å². The number of amides is 1. The molecule has 1 aliphatic carbocycles. The molecule has 2 N–H and O–H groups in total. The molecule has 5 nitrogen and oxygen atoms in total. The molecule has 17 heavy (non-hydrogen) atoms. The summed E-state index contributed by atoms with van der Waals surface area (Å²) < 4.78 is 20.1. The Morgan fingerprint density at radius 2 is 2.18 bits per heavy atom. The van der Waals surface area contributed by atoms with E-state index in [9.17, 15) is 9.18 Å². The first-order chi connectivity index (χ1) is 8.13. The topological polar surface area (TPSA) is 61.8 Å². The maximum Gasteiger partial charge on any atom is 0.405 e. The van der Waals surface area contributed by atoms with E-state index in [4.69, 9.17) is 9.84 Å². The second kappa shape index (κ2) is 4.85. The fourth-order valence-corrected chi connectivity index (χ4v) is 2.09. The Kier molecular flexibility index (Phi) is 3.44. The van der Waals surface area contributed by atoms with Crippen molar-refractivity contribution in [1.29, 1.82) is 0 Å². The van der Waals surface area contributed by atoms with Crippen molar-refractivity contribution in [2.75, 3.05) is 26.3 Å². The molecule has 1 saturated heterocycles. The summed E-state index contributed by atoms with van der Waals surface area (Å²) in [6.45, 7) is 1.82. The van der Waals surface area contributed by atoms with Crippen LogP contribution in [0.3, 0.4) is 0 Å². The van der Waals surface area contributed by atoms with Crippen LogP contribution in [0, 0.1) is 0 Å². The maximum absolute atomic E-state index is 14.9. The molecule has 1 fully saturated rings. The fourth-order valence-electron chi connectivity index (χ4n) is 2.09. The quantitative estimate of drug-likeness (QED) is 0.701. The summed E-state index contributed by atoms with van der Waals surface area (Å²) in [4.78, 5) is 12.3. The Balaban J connectivity index is 2.15. The van der Waals surface area contributed by atoms with Gasteiger partial charge in [-0.2, -0.15) is 0 Å². The molecule has 2 aliphatic rings. The van der Waals surface area contributed by atoms with Gasteiger partial charge >= 0.3 is 6.09 Å². The number of halogens is 1. The van der Waals surface area contributed by atoms with E-state index in [1.54, 1.807) is 17.1 Å². The van der Waals surface area contributed by atoms with E-state index in [1.807, 2.05) is 0 Å². The van der Waals surface area contributed by atoms with Crippen molar-refractivity contribution in [3.05, 3.63) is 24.3 Å². The molecule has 2 rings (SSSR count). The van der Waals surface area contributed by atoms with Crippen LogP contribution in [0.25, 0.3) is 0 Å². The van der Waals surface area contributed by atoms with Crippen LogP contribution in [0.1, 0.15) is 0 Å². The molecular weight excluding hydrogens is 227 g/mol. The Morgan fingerprint density at radius 3 is 2.82 bits per heavy atom. The zero-order valence-corrected chi connectivity index (χ0v) is 9.30. The number of hydrogen-bond acceptors (Lipinski definition) is 3. The summed E-state index contributed by atoms with van der Waals surface area (Å²) in [6, 6.07) is -0.886. The van der Waals surface area contributed by atoms with Crippen LogP contribution in [-0.2, 0) is 4.74 Å². The zero-order valence-electron chi connectivity index (χ0n) is 9.30. The van der Waals surface area contributed by atoms with Crippen LogP contribution >= 0.6 is 0 Å². The van der Waals surface area contributed by atoms with Gasteiger partial charge in [-0.25, -0.2) is 9.18 Å². The molecule has 94 valence electrons. The maximum atomic E-state index is 14.9. The summed E-state index contributed by atoms with van der Waals surface area (Å²) in [6.07, 6.45) is 4.90. The number of hydrogen-bond donors (Lipinski definition) is 2. The summed E-state index contributed by atoms with van der Waals surface area (Å²) in [5.74, 6) is -1.81. The normalized spacial score (nSPS) is 33.6. The van der Waals surface area contributed by atoms with Gasteiger partial charge in [-0.1, -0.05) is 18.2 Å². The van der Waals surface area contributed by atoms with Gasteiger partial charge in [-0.15, -0.1) is 0 Å². The first-order valence-electron chi connectivity index (χ1n) is 5.50. The molecule has 0 saturated carbocycles. The summed E-state index contributed by atoms with van der Waals surface area (Å²) in [5, 5.41) is 10.9. The highest BCUT2D eigenvalue weighted by molar-refractivity contribution is 5.65. The number of nitrogens with zero attached hydrogens (tertiary/aromatic N) is 1. The SMILES string of the molecule is O=C(O)NC1C=CC=CC1(F)N1CCOCC1. The van der Waals surface area contributed by atoms with Gasteiger partial charge in [0.1, 0.15) is 6.04 Å². The van der Waals surface area contributed by atoms with E-state index in [0.29, 0.717) is 26.3 Å². The van der Waals surface area contributed by atoms with Crippen LogP contribution in [-0.4, -0.2) is 54.2 Å². The Hall–Kier alpha value is -1.40. The van der Waals surface area contributed by atoms with Crippen molar-refractivity contribution < 1.29 is 19.0 Å². The highest BCUT2D eigenvalue weighted by Crippen LogP contribution is 2.28. The number of allylic oxidation sites excluding steroid dienone is 2. The van der Waals surface area contributed by atoms with E-state index < -0.39 is 17.9 Å². The zero-order chi connectivity index (χ0) is 12.3. The smallest absolute Gasteiger partial charge is 0.405 e. The average molecular weight is 242 g/mol. The molecule has 0 spiro atoms. The first kappa shape index (κ1) is 12.1. The Labute approximate surface area is 98.5 Å². The van der Waals surface area contributed by atoms with Gasteiger partial charge in [0.2, 0.25) is 5.79 Å². The molecule has 2 atom stereocenters. The second-order valence-electron chi connectivity index (χ2n) is 4.00. The molecule has 0 radical (unpaired) electrons. The lowest BCUT2D eigenvalue weighted by atomic mass is 9.98. The average Bonchev–Trinajstić information content (AvgIpc) is 2.33. The number of carbonyl (C=O) groups is 1. The van der Waals surface area contributed by atoms with E-state index >= 15 is 0 Å². The molecule has 1 aliphatic heterocycles. The van der Waals surface area contributed by atoms with E-state index in [0.717, 1.165) is 0 Å². The van der Waals surface area contributed by atoms with Crippen molar-refractivity contribution in [1.82, 2.24) is 10.2 Å². The van der Waals surface area contributed by atoms with Crippen LogP contribution in [0.2, 0.25) is 0 Å². The third-order valence-electron chi connectivity index (χ3n) is 2.96. The molecule has 1 heterocycles. The minimum Gasteiger partial charge on any atom is -0.465 e. The van der Waals surface area contributed by atoms with Crippen molar-refractivity contribution in [3.8, 4) is 0 Å². The molecule has 0 aromatic rings. The van der Waals surface area contributed by atoms with E-state index in [-0.39, 0.29) is 0 Å². The molecule has 1 amide bonds. The van der Waals surface area contributed by atoms with Crippen LogP contribution in [0.4, 0.5) is 9.18 Å². The number of nitrogens with one attached hydrogen (secondary N) is 1. The van der Waals surface area contributed by atoms with E-state index in [1.165, 1.54) is 12.2 Å². The summed E-state index contributed by atoms with van der Waals surface area (Å²) in [5.41, 5.74) is 0. The van der Waals surface area contributed by atoms with E-state index in [2.05, 4.69) is 5.32 Å². The van der Waals surface area contributed by atoms with Crippen molar-refractivity contribution >= 4 is 6.09 Å². The molecule has 0 aromatic heterocycles. The number of alkyl halides is 1. The van der Waals surface area contributed by atoms with Crippen LogP contribution in [0.15, 0.2) is 24.3 Å². The molecule has 0 bridgehead atoms. The van der Waals surface area contributed by atoms with Gasteiger partial charge in [0, 0.05) is 13.1 Å². The van der Waals surface area contributed by atoms with Gasteiger partial charge in [0.25, 0.3) is 0 Å². The summed E-state index contributed by atoms with van der Waals surface area (Å²) >= 11 is 0. The van der Waals surface area contributed by atoms with Crippen molar-refractivity contribution in [3.63, 3.8) is 0 Å². The van der Waals surface area contributed by atoms with Gasteiger partial charge in [0.15, 0.2) is 0 Å². The number of rotatable bonds is 2. The number of ether oxygens (including phenoxy) is 1. The minimum absolute atomic E-state index is 0.451. The monoisotopic (exact) mass is 242 g/mol. The standard InChI is InChI=1S/C11H15FN2O3/c12-11(14-5-7-17-8-6-14)4-2-1-3-9(11)13-10(15)16/h1-4,9,13H,5-8H2,(H,15,16). The third kappa shape index (κ3) is 2.48. The third-order valence-corrected chi connectivity index (χ3v) is 2.96. The number of carboxylic acid groups (broad SMARTS) is 1. The Morgan fingerprint density at radius 1 is 1.47 bits per heavy atom. The predicted molar refractivity (Wildman–Crippen MR) is 59.5 cm³/mol. The van der Waals surface area contributed by atoms with Crippen LogP contribution < -0.4 is 5.32 Å². The molecular formula is C11H15FN2O3. The Bertz CT molecular complexity index is 353. The highest BCUT2D eigenvalue weighted by Gasteiger charge is 2.43. The van der Waals surface area contributed by atoms with Crippen molar-refractivity contribution in [2.24, 2.45) is 0 Å². The first-order valence-corrected chi connectivity index (χ1v) is 5.50. The lowest BCUT2D eigenvalue weighted by Crippen LogP contribution is -2.60. The highest BCUT2D eigenvalue weighted by atomic mass is 19.1. The predicted octanol–water partition coefficient (Wildman–Crippen LogP) is 0.747. The van der Waals surface area contributed by atoms with Crippen molar-refractivity contribution in [2.45, 2.75) is 11.8 Å². The van der Waals surface area contributed by atoms with Gasteiger partial charge in [0.05, 0.1) is 13.2 Å². The minimum atomic E-state index is -1.81. The summed E-state index contributed by atoms with van der Waals surface area (Å²) in [7, 11) is 0. The second-order valence-corrected chi connectivity index (χ2v) is 4.00. The molecule has 6 heteroatoms. The van der Waals surface area contributed by atoms with Gasteiger partial charge in [-0.05, 0) is 6.08 Å². The molecule has 0 aromatic carbocycles. The van der Waals surface area contributed by atoms with Gasteiger partial charge in [-0.3, -0.25) is 4.90 Å². The lowest BCUT2D eigenvalue weighted by molar-refractivity contribution is -0.0706.